The van der Waals surface area contributed by atoms with E-state index in [2.05, 4.69) is 14.8 Å². The molecule has 0 unspecified atom stereocenters. The molecule has 0 radical (unpaired) electrons. The number of urea groups is 1. The number of amides is 2. The van der Waals surface area contributed by atoms with Crippen molar-refractivity contribution in [3.05, 3.63) is 47.5 Å². The van der Waals surface area contributed by atoms with Crippen LogP contribution in [-0.4, -0.2) is 56.8 Å². The Kier molecular flexibility index (Phi) is 4.08. The Morgan fingerprint density at radius 2 is 1.64 bits per heavy atom. The van der Waals surface area contributed by atoms with E-state index in [0.29, 0.717) is 23.3 Å². The number of rotatable bonds is 4. The van der Waals surface area contributed by atoms with Gasteiger partial charge in [0.25, 0.3) is 0 Å². The molecule has 33 heavy (non-hydrogen) atoms. The molecule has 174 valence electrons. The molecule has 5 fully saturated rings. The van der Waals surface area contributed by atoms with Crippen molar-refractivity contribution in [1.82, 2.24) is 24.6 Å². The number of hydrogen-bond donors (Lipinski definition) is 0. The van der Waals surface area contributed by atoms with Gasteiger partial charge in [-0.3, -0.25) is 0 Å². The van der Waals surface area contributed by atoms with Gasteiger partial charge < -0.3 is 9.80 Å². The van der Waals surface area contributed by atoms with Crippen molar-refractivity contribution in [2.45, 2.75) is 56.9 Å². The average Bonchev–Trinajstić information content (AvgIpc) is 3.41. The number of nitrogens with zero attached hydrogens (tertiary/aromatic N) is 5. The van der Waals surface area contributed by atoms with Gasteiger partial charge in [-0.1, -0.05) is 6.07 Å². The van der Waals surface area contributed by atoms with E-state index in [4.69, 9.17) is 0 Å². The molecule has 2 saturated heterocycles. The van der Waals surface area contributed by atoms with Crippen LogP contribution in [-0.2, 0) is 6.42 Å². The first-order valence-corrected chi connectivity index (χ1v) is 12.3. The summed E-state index contributed by atoms with van der Waals surface area (Å²) in [6, 6.07) is 4.84. The van der Waals surface area contributed by atoms with Crippen LogP contribution in [0.4, 0.5) is 13.6 Å². The van der Waals surface area contributed by atoms with Gasteiger partial charge in [-0.05, 0) is 68.6 Å². The molecule has 8 heteroatoms. The third-order valence-electron chi connectivity index (χ3n) is 8.78. The average molecular weight is 454 g/mol. The second kappa shape index (κ2) is 6.76. The van der Waals surface area contributed by atoms with Crippen LogP contribution in [0.5, 0.6) is 0 Å². The standard InChI is InChI=1S/C25H29F2N5O/c26-20-4-1-16(6-21(20)27)5-17-7-24(8-17)11-30(12-24)23(33)31-13-25(14-31)9-19(10-25)32-15-28-22(29-32)18-2-3-18/h1,4,6,15,17-19H,2-3,5,7-14H2. The van der Waals surface area contributed by atoms with Gasteiger partial charge in [-0.25, -0.2) is 23.2 Å². The summed E-state index contributed by atoms with van der Waals surface area (Å²) in [6.07, 6.45) is 9.47. The molecule has 1 aromatic carbocycles. The Labute approximate surface area is 192 Å². The van der Waals surface area contributed by atoms with Crippen LogP contribution in [0.25, 0.3) is 0 Å². The van der Waals surface area contributed by atoms with Crippen molar-refractivity contribution in [3.63, 3.8) is 0 Å². The zero-order valence-electron chi connectivity index (χ0n) is 18.7. The lowest BCUT2D eigenvalue weighted by Crippen LogP contribution is -2.71. The maximum absolute atomic E-state index is 13.4. The highest BCUT2D eigenvalue weighted by Crippen LogP contribution is 2.56. The molecule has 2 amide bonds. The normalized spacial score (nSPS) is 25.5. The van der Waals surface area contributed by atoms with E-state index in [1.165, 1.54) is 25.0 Å². The van der Waals surface area contributed by atoms with Gasteiger partial charge in [-0.2, -0.15) is 5.10 Å². The fourth-order valence-electron chi connectivity index (χ4n) is 6.94. The summed E-state index contributed by atoms with van der Waals surface area (Å²) >= 11 is 0. The number of halogens is 2. The highest BCUT2D eigenvalue weighted by molar-refractivity contribution is 5.77. The van der Waals surface area contributed by atoms with E-state index in [1.807, 2.05) is 16.1 Å². The van der Waals surface area contributed by atoms with Gasteiger partial charge in [0.2, 0.25) is 0 Å². The Morgan fingerprint density at radius 1 is 0.970 bits per heavy atom. The molecule has 7 rings (SSSR count). The SMILES string of the molecule is O=C(N1CC2(CC(Cc3ccc(F)c(F)c3)C2)C1)N1CC2(CC(n3cnc(C4CC4)n3)C2)C1. The molecule has 2 aliphatic heterocycles. The summed E-state index contributed by atoms with van der Waals surface area (Å²) in [5, 5.41) is 4.68. The van der Waals surface area contributed by atoms with Crippen molar-refractivity contribution >= 4 is 6.03 Å². The minimum atomic E-state index is -0.789. The van der Waals surface area contributed by atoms with Gasteiger partial charge in [0.05, 0.1) is 6.04 Å². The van der Waals surface area contributed by atoms with Crippen LogP contribution in [0.3, 0.4) is 0 Å². The summed E-state index contributed by atoms with van der Waals surface area (Å²) in [7, 11) is 0. The molecule has 0 atom stereocenters. The summed E-state index contributed by atoms with van der Waals surface area (Å²) in [5.74, 6) is 0.549. The van der Waals surface area contributed by atoms with E-state index in [0.717, 1.165) is 69.7 Å². The Bertz CT molecular complexity index is 1100. The second-order valence-corrected chi connectivity index (χ2v) is 11.6. The minimum absolute atomic E-state index is 0.190. The first-order chi connectivity index (χ1) is 15.9. The van der Waals surface area contributed by atoms with Crippen LogP contribution in [0, 0.1) is 28.4 Å². The minimum Gasteiger partial charge on any atom is -0.323 e. The fraction of sp³-hybridized carbons (Fsp3) is 0.640. The van der Waals surface area contributed by atoms with Gasteiger partial charge in [-0.15, -0.1) is 0 Å². The van der Waals surface area contributed by atoms with Crippen molar-refractivity contribution in [3.8, 4) is 0 Å². The van der Waals surface area contributed by atoms with Gasteiger partial charge >= 0.3 is 6.03 Å². The van der Waals surface area contributed by atoms with Crippen LogP contribution in [0.15, 0.2) is 24.5 Å². The molecular formula is C25H29F2N5O. The zero-order chi connectivity index (χ0) is 22.4. The molecule has 0 N–H and O–H groups in total. The lowest BCUT2D eigenvalue weighted by molar-refractivity contribution is -0.107. The lowest BCUT2D eigenvalue weighted by atomic mass is 9.56. The monoisotopic (exact) mass is 453 g/mol. The van der Waals surface area contributed by atoms with E-state index in [9.17, 15) is 13.6 Å². The van der Waals surface area contributed by atoms with Crippen molar-refractivity contribution in [2.24, 2.45) is 16.7 Å². The number of carbonyl (C=O) groups excluding carboxylic acids is 1. The Hall–Kier alpha value is -2.51. The van der Waals surface area contributed by atoms with Crippen LogP contribution < -0.4 is 0 Å². The van der Waals surface area contributed by atoms with E-state index < -0.39 is 11.6 Å². The number of carbonyl (C=O) groups is 1. The first kappa shape index (κ1) is 19.9. The molecule has 2 spiro atoms. The van der Waals surface area contributed by atoms with Crippen molar-refractivity contribution in [1.29, 1.82) is 0 Å². The maximum atomic E-state index is 13.4. The van der Waals surface area contributed by atoms with Gasteiger partial charge in [0.1, 0.15) is 6.33 Å². The van der Waals surface area contributed by atoms with Crippen LogP contribution in [0.1, 0.15) is 61.9 Å². The Morgan fingerprint density at radius 3 is 2.27 bits per heavy atom. The predicted molar refractivity (Wildman–Crippen MR) is 116 cm³/mol. The molecule has 3 heterocycles. The van der Waals surface area contributed by atoms with Crippen LogP contribution >= 0.6 is 0 Å². The molecule has 5 aliphatic rings. The molecule has 3 saturated carbocycles. The number of likely N-dealkylation sites (tertiary alicyclic amines) is 2. The zero-order valence-corrected chi connectivity index (χ0v) is 18.7. The number of hydrogen-bond acceptors (Lipinski definition) is 3. The highest BCUT2D eigenvalue weighted by atomic mass is 19.2. The van der Waals surface area contributed by atoms with Crippen LogP contribution in [0.2, 0.25) is 0 Å². The predicted octanol–water partition coefficient (Wildman–Crippen LogP) is 4.15. The first-order valence-electron chi connectivity index (χ1n) is 12.3. The topological polar surface area (TPSA) is 54.3 Å². The number of aromatic nitrogens is 3. The highest BCUT2D eigenvalue weighted by Gasteiger charge is 2.58. The third-order valence-corrected chi connectivity index (χ3v) is 8.78. The van der Waals surface area contributed by atoms with E-state index in [-0.39, 0.29) is 11.4 Å². The maximum Gasteiger partial charge on any atom is 0.320 e. The summed E-state index contributed by atoms with van der Waals surface area (Å²) in [4.78, 5) is 21.4. The van der Waals surface area contributed by atoms with Crippen molar-refractivity contribution in [2.75, 3.05) is 26.2 Å². The van der Waals surface area contributed by atoms with E-state index in [1.54, 1.807) is 6.07 Å². The Balaban J connectivity index is 0.853. The quantitative estimate of drug-likeness (QED) is 0.699. The summed E-state index contributed by atoms with van der Waals surface area (Å²) in [5.41, 5.74) is 1.41. The lowest BCUT2D eigenvalue weighted by Gasteiger charge is -2.63. The van der Waals surface area contributed by atoms with Gasteiger partial charge in [0, 0.05) is 42.9 Å². The number of benzene rings is 1. The smallest absolute Gasteiger partial charge is 0.320 e. The second-order valence-electron chi connectivity index (χ2n) is 11.6. The molecular weight excluding hydrogens is 424 g/mol. The molecule has 0 bridgehead atoms. The molecule has 6 nitrogen and oxygen atoms in total. The fourth-order valence-corrected chi connectivity index (χ4v) is 6.94. The summed E-state index contributed by atoms with van der Waals surface area (Å²) < 4.78 is 28.6. The largest absolute Gasteiger partial charge is 0.323 e. The molecule has 2 aromatic rings. The summed E-state index contributed by atoms with van der Waals surface area (Å²) in [6.45, 7) is 3.42. The van der Waals surface area contributed by atoms with Crippen molar-refractivity contribution < 1.29 is 13.6 Å². The molecule has 1 aromatic heterocycles. The van der Waals surface area contributed by atoms with Gasteiger partial charge in [0.15, 0.2) is 17.5 Å². The van der Waals surface area contributed by atoms with E-state index >= 15 is 0 Å². The third kappa shape index (κ3) is 3.28. The molecule has 3 aliphatic carbocycles.